The SMILES string of the molecule is CCN(CC)c1ccc(CN(Cc2cccnc2)C(=S)Nc2ccc(Br)cc2)cc1. The van der Waals surface area contributed by atoms with Crippen molar-refractivity contribution in [1.29, 1.82) is 0 Å². The van der Waals surface area contributed by atoms with Crippen molar-refractivity contribution in [2.75, 3.05) is 23.3 Å². The maximum Gasteiger partial charge on any atom is 0.174 e. The lowest BCUT2D eigenvalue weighted by Crippen LogP contribution is -2.33. The number of thiocarbonyl (C=S) groups is 1. The van der Waals surface area contributed by atoms with Crippen molar-refractivity contribution in [3.05, 3.63) is 88.7 Å². The molecular formula is C24H27BrN4S. The van der Waals surface area contributed by atoms with E-state index in [-0.39, 0.29) is 0 Å². The lowest BCUT2D eigenvalue weighted by Gasteiger charge is -2.27. The van der Waals surface area contributed by atoms with E-state index in [1.165, 1.54) is 11.3 Å². The van der Waals surface area contributed by atoms with Crippen LogP contribution in [0.25, 0.3) is 0 Å². The molecule has 0 fully saturated rings. The number of aromatic nitrogens is 1. The Labute approximate surface area is 193 Å². The van der Waals surface area contributed by atoms with E-state index in [9.17, 15) is 0 Å². The maximum absolute atomic E-state index is 5.77. The van der Waals surface area contributed by atoms with E-state index in [0.29, 0.717) is 11.7 Å². The van der Waals surface area contributed by atoms with Gasteiger partial charge in [0, 0.05) is 54.4 Å². The van der Waals surface area contributed by atoms with Gasteiger partial charge in [-0.15, -0.1) is 0 Å². The third kappa shape index (κ3) is 6.28. The number of anilines is 2. The van der Waals surface area contributed by atoms with Gasteiger partial charge in [0.2, 0.25) is 0 Å². The third-order valence-corrected chi connectivity index (χ3v) is 5.81. The Balaban J connectivity index is 1.76. The summed E-state index contributed by atoms with van der Waals surface area (Å²) >= 11 is 9.24. The summed E-state index contributed by atoms with van der Waals surface area (Å²) in [7, 11) is 0. The first-order valence-electron chi connectivity index (χ1n) is 10.1. The molecule has 1 aromatic heterocycles. The number of halogens is 1. The molecule has 3 rings (SSSR count). The van der Waals surface area contributed by atoms with E-state index in [1.54, 1.807) is 6.20 Å². The highest BCUT2D eigenvalue weighted by Crippen LogP contribution is 2.19. The van der Waals surface area contributed by atoms with Crippen molar-refractivity contribution >= 4 is 44.6 Å². The van der Waals surface area contributed by atoms with Gasteiger partial charge in [-0.3, -0.25) is 4.98 Å². The minimum Gasteiger partial charge on any atom is -0.372 e. The van der Waals surface area contributed by atoms with Gasteiger partial charge in [-0.25, -0.2) is 0 Å². The quantitative estimate of drug-likeness (QED) is 0.392. The molecule has 30 heavy (non-hydrogen) atoms. The average molecular weight is 483 g/mol. The van der Waals surface area contributed by atoms with Gasteiger partial charge in [0.15, 0.2) is 5.11 Å². The van der Waals surface area contributed by atoms with Crippen LogP contribution in [0.3, 0.4) is 0 Å². The highest BCUT2D eigenvalue weighted by molar-refractivity contribution is 9.10. The molecule has 0 aliphatic heterocycles. The molecule has 1 N–H and O–H groups in total. The van der Waals surface area contributed by atoms with Crippen molar-refractivity contribution in [3.63, 3.8) is 0 Å². The van der Waals surface area contributed by atoms with Crippen LogP contribution in [-0.2, 0) is 13.1 Å². The lowest BCUT2D eigenvalue weighted by molar-refractivity contribution is 0.412. The second kappa shape index (κ2) is 11.1. The number of nitrogens with zero attached hydrogens (tertiary/aromatic N) is 3. The van der Waals surface area contributed by atoms with Gasteiger partial charge in [-0.05, 0) is 79.7 Å². The zero-order valence-electron chi connectivity index (χ0n) is 17.4. The molecule has 3 aromatic rings. The summed E-state index contributed by atoms with van der Waals surface area (Å²) in [4.78, 5) is 8.76. The van der Waals surface area contributed by atoms with Crippen molar-refractivity contribution < 1.29 is 0 Å². The predicted molar refractivity (Wildman–Crippen MR) is 134 cm³/mol. The van der Waals surface area contributed by atoms with Crippen LogP contribution in [0, 0.1) is 0 Å². The molecule has 0 aliphatic rings. The predicted octanol–water partition coefficient (Wildman–Crippen LogP) is 6.09. The first-order chi connectivity index (χ1) is 14.6. The number of pyridine rings is 1. The number of hydrogen-bond acceptors (Lipinski definition) is 3. The fourth-order valence-corrected chi connectivity index (χ4v) is 3.78. The Kier molecular flexibility index (Phi) is 8.22. The van der Waals surface area contributed by atoms with Gasteiger partial charge in [0.1, 0.15) is 0 Å². The molecule has 0 spiro atoms. The first kappa shape index (κ1) is 22.2. The molecule has 0 amide bonds. The van der Waals surface area contributed by atoms with E-state index >= 15 is 0 Å². The van der Waals surface area contributed by atoms with Crippen LogP contribution in [-0.4, -0.2) is 28.1 Å². The maximum atomic E-state index is 5.77. The zero-order chi connectivity index (χ0) is 21.3. The topological polar surface area (TPSA) is 31.4 Å². The van der Waals surface area contributed by atoms with Crippen molar-refractivity contribution in [2.24, 2.45) is 0 Å². The highest BCUT2D eigenvalue weighted by atomic mass is 79.9. The Morgan fingerprint density at radius 3 is 2.20 bits per heavy atom. The molecule has 0 saturated heterocycles. The number of rotatable bonds is 8. The lowest BCUT2D eigenvalue weighted by atomic mass is 10.1. The summed E-state index contributed by atoms with van der Waals surface area (Å²) in [6, 6.07) is 20.8. The summed E-state index contributed by atoms with van der Waals surface area (Å²) in [5.41, 5.74) is 4.56. The van der Waals surface area contributed by atoms with Gasteiger partial charge in [0.05, 0.1) is 0 Å². The van der Waals surface area contributed by atoms with Crippen molar-refractivity contribution in [2.45, 2.75) is 26.9 Å². The molecule has 4 nitrogen and oxygen atoms in total. The first-order valence-corrected chi connectivity index (χ1v) is 11.3. The summed E-state index contributed by atoms with van der Waals surface area (Å²) in [5.74, 6) is 0. The smallest absolute Gasteiger partial charge is 0.174 e. The van der Waals surface area contributed by atoms with E-state index in [4.69, 9.17) is 12.2 Å². The average Bonchev–Trinajstić information content (AvgIpc) is 2.77. The molecule has 0 atom stereocenters. The molecular weight excluding hydrogens is 456 g/mol. The van der Waals surface area contributed by atoms with E-state index < -0.39 is 0 Å². The van der Waals surface area contributed by atoms with Crippen molar-refractivity contribution in [3.8, 4) is 0 Å². The molecule has 1 heterocycles. The minimum absolute atomic E-state index is 0.688. The van der Waals surface area contributed by atoms with Crippen LogP contribution in [0.4, 0.5) is 11.4 Å². The zero-order valence-corrected chi connectivity index (χ0v) is 19.8. The second-order valence-electron chi connectivity index (χ2n) is 6.99. The van der Waals surface area contributed by atoms with E-state index in [2.05, 4.69) is 80.2 Å². The normalized spacial score (nSPS) is 10.5. The Morgan fingerprint density at radius 2 is 1.60 bits per heavy atom. The van der Waals surface area contributed by atoms with Gasteiger partial charge in [0.25, 0.3) is 0 Å². The summed E-state index contributed by atoms with van der Waals surface area (Å²) < 4.78 is 1.04. The van der Waals surface area contributed by atoms with Gasteiger partial charge >= 0.3 is 0 Å². The summed E-state index contributed by atoms with van der Waals surface area (Å²) in [5, 5.41) is 4.05. The molecule has 0 bridgehead atoms. The van der Waals surface area contributed by atoms with Crippen LogP contribution in [0.5, 0.6) is 0 Å². The standard InChI is InChI=1S/C24H27BrN4S/c1-3-28(4-2)23-13-7-19(8-14-23)17-29(18-20-6-5-15-26-16-20)24(30)27-22-11-9-21(25)10-12-22/h5-16H,3-4,17-18H2,1-2H3,(H,27,30). The number of nitrogens with one attached hydrogen (secondary N) is 1. The van der Waals surface area contributed by atoms with Crippen LogP contribution in [0.15, 0.2) is 77.5 Å². The Morgan fingerprint density at radius 1 is 0.933 bits per heavy atom. The third-order valence-electron chi connectivity index (χ3n) is 4.92. The van der Waals surface area contributed by atoms with Crippen molar-refractivity contribution in [1.82, 2.24) is 9.88 Å². The van der Waals surface area contributed by atoms with E-state index in [0.717, 1.165) is 35.4 Å². The second-order valence-corrected chi connectivity index (χ2v) is 8.30. The molecule has 0 radical (unpaired) electrons. The molecule has 0 aliphatic carbocycles. The van der Waals surface area contributed by atoms with Crippen LogP contribution in [0.1, 0.15) is 25.0 Å². The molecule has 156 valence electrons. The molecule has 6 heteroatoms. The largest absolute Gasteiger partial charge is 0.372 e. The Hall–Kier alpha value is -2.44. The molecule has 0 unspecified atom stereocenters. The van der Waals surface area contributed by atoms with Crippen LogP contribution < -0.4 is 10.2 Å². The van der Waals surface area contributed by atoms with Gasteiger partial charge < -0.3 is 15.1 Å². The Bertz CT molecular complexity index is 926. The number of benzene rings is 2. The summed E-state index contributed by atoms with van der Waals surface area (Å²) in [6.45, 7) is 7.77. The van der Waals surface area contributed by atoms with Crippen LogP contribution >= 0.6 is 28.1 Å². The van der Waals surface area contributed by atoms with E-state index in [1.807, 2.05) is 36.5 Å². The van der Waals surface area contributed by atoms with Gasteiger partial charge in [-0.1, -0.05) is 34.1 Å². The fraction of sp³-hybridized carbons (Fsp3) is 0.250. The minimum atomic E-state index is 0.688. The highest BCUT2D eigenvalue weighted by Gasteiger charge is 2.13. The van der Waals surface area contributed by atoms with Gasteiger partial charge in [-0.2, -0.15) is 0 Å². The molecule has 0 saturated carbocycles. The number of hydrogen-bond donors (Lipinski definition) is 1. The monoisotopic (exact) mass is 482 g/mol. The molecule has 2 aromatic carbocycles. The fourth-order valence-electron chi connectivity index (χ4n) is 3.27. The van der Waals surface area contributed by atoms with Crippen LogP contribution in [0.2, 0.25) is 0 Å². The summed E-state index contributed by atoms with van der Waals surface area (Å²) in [6.07, 6.45) is 3.68.